The van der Waals surface area contributed by atoms with Crippen molar-refractivity contribution < 1.29 is 18.0 Å². The summed E-state index contributed by atoms with van der Waals surface area (Å²) < 4.78 is 38.8. The Hall–Kier alpha value is -3.26. The van der Waals surface area contributed by atoms with E-state index in [1.807, 2.05) is 30.3 Å². The van der Waals surface area contributed by atoms with E-state index in [2.05, 4.69) is 15.3 Å². The molecule has 4 nitrogen and oxygen atoms in total. The maximum Gasteiger partial charge on any atom is 0.416 e. The average molecular weight is 427 g/mol. The molecule has 0 atom stereocenters. The molecule has 2 aromatic heterocycles. The van der Waals surface area contributed by atoms with Gasteiger partial charge in [-0.05, 0) is 48.0 Å². The molecular formula is C22H16F3N3OS. The summed E-state index contributed by atoms with van der Waals surface area (Å²) in [6.45, 7) is 0. The molecule has 0 bridgehead atoms. The lowest BCUT2D eigenvalue weighted by Gasteiger charge is -2.10. The molecule has 1 amide bonds. The molecule has 30 heavy (non-hydrogen) atoms. The number of halogens is 3. The number of amides is 1. The molecule has 0 aliphatic carbocycles. The number of carbonyl (C=O) groups is 1. The van der Waals surface area contributed by atoms with Gasteiger partial charge < -0.3 is 10.3 Å². The number of H-pyrrole nitrogens is 1. The molecule has 2 aromatic carbocycles. The van der Waals surface area contributed by atoms with E-state index in [-0.39, 0.29) is 5.69 Å². The zero-order chi connectivity index (χ0) is 21.1. The number of hydrogen-bond acceptors (Lipinski definition) is 3. The highest BCUT2D eigenvalue weighted by Gasteiger charge is 2.30. The second-order valence-electron chi connectivity index (χ2n) is 6.56. The summed E-state index contributed by atoms with van der Waals surface area (Å²) in [5.74, 6) is 0.221. The number of nitrogens with zero attached hydrogens (tertiary/aromatic N) is 1. The molecule has 4 rings (SSSR count). The van der Waals surface area contributed by atoms with Crippen molar-refractivity contribution in [3.63, 3.8) is 0 Å². The van der Waals surface area contributed by atoms with Crippen LogP contribution in [0.2, 0.25) is 0 Å². The Kier molecular flexibility index (Phi) is 5.50. The van der Waals surface area contributed by atoms with Crippen LogP contribution >= 0.6 is 11.8 Å². The van der Waals surface area contributed by atoms with Crippen LogP contribution < -0.4 is 5.32 Å². The van der Waals surface area contributed by atoms with Crippen molar-refractivity contribution in [1.82, 2.24) is 9.97 Å². The van der Waals surface area contributed by atoms with Gasteiger partial charge in [0.1, 0.15) is 0 Å². The summed E-state index contributed by atoms with van der Waals surface area (Å²) in [4.78, 5) is 20.8. The van der Waals surface area contributed by atoms with Gasteiger partial charge in [-0.1, -0.05) is 12.1 Å². The molecule has 0 radical (unpaired) electrons. The quantitative estimate of drug-likeness (QED) is 0.377. The van der Waals surface area contributed by atoms with Crippen LogP contribution in [0.1, 0.15) is 21.5 Å². The number of alkyl halides is 3. The van der Waals surface area contributed by atoms with Crippen molar-refractivity contribution >= 4 is 34.3 Å². The summed E-state index contributed by atoms with van der Waals surface area (Å²) in [6, 6.07) is 14.1. The fourth-order valence-corrected chi connectivity index (χ4v) is 4.12. The predicted octanol–water partition coefficient (Wildman–Crippen LogP) is 6.13. The number of carbonyl (C=O) groups excluding carboxylic acids is 1. The van der Waals surface area contributed by atoms with E-state index in [4.69, 9.17) is 0 Å². The van der Waals surface area contributed by atoms with Crippen LogP contribution in [0.4, 0.5) is 18.9 Å². The number of fused-ring (bicyclic) bond motifs is 1. The minimum Gasteiger partial charge on any atom is -0.360 e. The van der Waals surface area contributed by atoms with Crippen LogP contribution in [0.3, 0.4) is 0 Å². The molecule has 0 aliphatic heterocycles. The van der Waals surface area contributed by atoms with Crippen LogP contribution in [0, 0.1) is 0 Å². The first-order valence-electron chi connectivity index (χ1n) is 9.02. The van der Waals surface area contributed by atoms with E-state index in [1.54, 1.807) is 30.4 Å². The molecule has 152 valence electrons. The third-order valence-electron chi connectivity index (χ3n) is 4.50. The lowest BCUT2D eigenvalue weighted by molar-refractivity contribution is -0.137. The Morgan fingerprint density at radius 3 is 2.60 bits per heavy atom. The van der Waals surface area contributed by atoms with Gasteiger partial charge in [0.15, 0.2) is 0 Å². The highest BCUT2D eigenvalue weighted by atomic mass is 32.2. The van der Waals surface area contributed by atoms with E-state index in [0.717, 1.165) is 33.5 Å². The molecule has 4 aromatic rings. The van der Waals surface area contributed by atoms with Gasteiger partial charge >= 0.3 is 6.18 Å². The van der Waals surface area contributed by atoms with E-state index >= 15 is 0 Å². The third kappa shape index (κ3) is 4.33. The number of rotatable bonds is 5. The Bertz CT molecular complexity index is 1190. The predicted molar refractivity (Wildman–Crippen MR) is 111 cm³/mol. The first-order chi connectivity index (χ1) is 14.4. The zero-order valence-corrected chi connectivity index (χ0v) is 16.3. The summed E-state index contributed by atoms with van der Waals surface area (Å²) >= 11 is 1.57. The maximum absolute atomic E-state index is 12.9. The average Bonchev–Trinajstić information content (AvgIpc) is 3.17. The monoisotopic (exact) mass is 427 g/mol. The number of nitrogens with one attached hydrogen (secondary N) is 2. The van der Waals surface area contributed by atoms with Gasteiger partial charge in [-0.2, -0.15) is 13.2 Å². The molecule has 0 spiro atoms. The van der Waals surface area contributed by atoms with E-state index < -0.39 is 17.6 Å². The Morgan fingerprint density at radius 1 is 1.07 bits per heavy atom. The number of benzene rings is 2. The van der Waals surface area contributed by atoms with Crippen LogP contribution in [0.5, 0.6) is 0 Å². The van der Waals surface area contributed by atoms with Crippen LogP contribution in [0.15, 0.2) is 78.1 Å². The number of thioether (sulfide) groups is 1. The number of pyridine rings is 1. The van der Waals surface area contributed by atoms with Gasteiger partial charge in [-0.3, -0.25) is 9.78 Å². The molecule has 8 heteroatoms. The van der Waals surface area contributed by atoms with Gasteiger partial charge in [0.05, 0.1) is 11.1 Å². The SMILES string of the molecule is O=C(Nc1cccc(C(F)(F)F)c1)c1c[nH]c2cccc(SCc3ccncc3)c12. The third-order valence-corrected chi connectivity index (χ3v) is 5.63. The molecule has 2 heterocycles. The smallest absolute Gasteiger partial charge is 0.360 e. The summed E-state index contributed by atoms with van der Waals surface area (Å²) in [5.41, 5.74) is 1.53. The molecule has 0 saturated heterocycles. The minimum absolute atomic E-state index is 0.0890. The molecule has 2 N–H and O–H groups in total. The molecule has 0 aliphatic rings. The fourth-order valence-electron chi connectivity index (χ4n) is 3.06. The van der Waals surface area contributed by atoms with Crippen molar-refractivity contribution in [2.24, 2.45) is 0 Å². The number of hydrogen-bond donors (Lipinski definition) is 2. The highest BCUT2D eigenvalue weighted by Crippen LogP contribution is 2.34. The topological polar surface area (TPSA) is 57.8 Å². The molecule has 0 saturated carbocycles. The zero-order valence-electron chi connectivity index (χ0n) is 15.5. The van der Waals surface area contributed by atoms with Crippen LogP contribution in [-0.2, 0) is 11.9 Å². The normalized spacial score (nSPS) is 11.6. The number of aromatic amines is 1. The second-order valence-corrected chi connectivity index (χ2v) is 7.58. The van der Waals surface area contributed by atoms with Crippen molar-refractivity contribution in [3.8, 4) is 0 Å². The minimum atomic E-state index is -4.47. The van der Waals surface area contributed by atoms with Crippen molar-refractivity contribution in [2.75, 3.05) is 5.32 Å². The largest absolute Gasteiger partial charge is 0.416 e. The maximum atomic E-state index is 12.9. The highest BCUT2D eigenvalue weighted by molar-refractivity contribution is 7.98. The lowest BCUT2D eigenvalue weighted by atomic mass is 10.1. The lowest BCUT2D eigenvalue weighted by Crippen LogP contribution is -2.13. The molecule has 0 fully saturated rings. The van der Waals surface area contributed by atoms with Gasteiger partial charge in [0.25, 0.3) is 5.91 Å². The van der Waals surface area contributed by atoms with Crippen LogP contribution in [-0.4, -0.2) is 15.9 Å². The fraction of sp³-hybridized carbons (Fsp3) is 0.0909. The Labute approximate surface area is 174 Å². The van der Waals surface area contributed by atoms with Gasteiger partial charge in [0.2, 0.25) is 0 Å². The molecular weight excluding hydrogens is 411 g/mol. The van der Waals surface area contributed by atoms with Crippen molar-refractivity contribution in [2.45, 2.75) is 16.8 Å². The Balaban J connectivity index is 1.60. The van der Waals surface area contributed by atoms with Gasteiger partial charge in [0, 0.05) is 45.8 Å². The molecule has 0 unspecified atom stereocenters. The van der Waals surface area contributed by atoms with Gasteiger partial charge in [-0.25, -0.2) is 0 Å². The second kappa shape index (κ2) is 8.23. The summed E-state index contributed by atoms with van der Waals surface area (Å²) in [5, 5.41) is 3.31. The summed E-state index contributed by atoms with van der Waals surface area (Å²) in [6.07, 6.45) is 0.545. The van der Waals surface area contributed by atoms with E-state index in [0.29, 0.717) is 11.3 Å². The summed E-state index contributed by atoms with van der Waals surface area (Å²) in [7, 11) is 0. The number of anilines is 1. The standard InChI is InChI=1S/C22H16F3N3OS/c23-22(24,25)15-3-1-4-16(11-15)28-21(29)17-12-27-18-5-2-6-19(20(17)18)30-13-14-7-9-26-10-8-14/h1-12,27H,13H2,(H,28,29). The van der Waals surface area contributed by atoms with Crippen LogP contribution in [0.25, 0.3) is 10.9 Å². The van der Waals surface area contributed by atoms with Crippen molar-refractivity contribution in [3.05, 3.63) is 89.9 Å². The van der Waals surface area contributed by atoms with E-state index in [1.165, 1.54) is 12.1 Å². The van der Waals surface area contributed by atoms with Gasteiger partial charge in [-0.15, -0.1) is 11.8 Å². The van der Waals surface area contributed by atoms with E-state index in [9.17, 15) is 18.0 Å². The first-order valence-corrected chi connectivity index (χ1v) is 10.0. The van der Waals surface area contributed by atoms with Crippen molar-refractivity contribution in [1.29, 1.82) is 0 Å². The first kappa shape index (κ1) is 20.0. The number of aromatic nitrogens is 2. The Morgan fingerprint density at radius 2 is 1.83 bits per heavy atom.